The van der Waals surface area contributed by atoms with Crippen molar-refractivity contribution >= 4 is 0 Å². The Labute approximate surface area is 116 Å². The average molecular weight is 259 g/mol. The first-order chi connectivity index (χ1) is 9.24. The highest BCUT2D eigenvalue weighted by Crippen LogP contribution is 2.32. The Bertz CT molecular complexity index is 443. The second-order valence-corrected chi connectivity index (χ2v) is 6.26. The second-order valence-electron chi connectivity index (χ2n) is 6.26. The lowest BCUT2D eigenvalue weighted by Crippen LogP contribution is -2.27. The van der Waals surface area contributed by atoms with Gasteiger partial charge in [-0.3, -0.25) is 0 Å². The van der Waals surface area contributed by atoms with Crippen molar-refractivity contribution in [2.24, 2.45) is 11.8 Å². The minimum atomic E-state index is 0.443. The van der Waals surface area contributed by atoms with Gasteiger partial charge in [-0.2, -0.15) is 0 Å². The first-order valence-corrected chi connectivity index (χ1v) is 7.73. The third-order valence-electron chi connectivity index (χ3n) is 4.94. The Morgan fingerprint density at radius 3 is 3.05 bits per heavy atom. The minimum absolute atomic E-state index is 0.443. The smallest absolute Gasteiger partial charge is 0.122 e. The van der Waals surface area contributed by atoms with E-state index in [0.717, 1.165) is 37.2 Å². The molecule has 1 aliphatic heterocycles. The fourth-order valence-corrected chi connectivity index (χ4v) is 3.45. The highest BCUT2D eigenvalue weighted by atomic mass is 16.5. The Morgan fingerprint density at radius 2 is 2.26 bits per heavy atom. The van der Waals surface area contributed by atoms with Gasteiger partial charge in [0.25, 0.3) is 0 Å². The van der Waals surface area contributed by atoms with Crippen LogP contribution in [0.5, 0.6) is 5.75 Å². The van der Waals surface area contributed by atoms with Crippen LogP contribution in [0.1, 0.15) is 50.3 Å². The van der Waals surface area contributed by atoms with E-state index in [4.69, 9.17) is 4.74 Å². The van der Waals surface area contributed by atoms with Crippen molar-refractivity contribution in [3.63, 3.8) is 0 Å². The maximum absolute atomic E-state index is 5.57. The van der Waals surface area contributed by atoms with Gasteiger partial charge in [0.05, 0.1) is 6.61 Å². The van der Waals surface area contributed by atoms with Crippen molar-refractivity contribution in [1.82, 2.24) is 5.32 Å². The summed E-state index contributed by atoms with van der Waals surface area (Å²) in [4.78, 5) is 0. The fraction of sp³-hybridized carbons (Fsp3) is 0.647. The number of ether oxygens (including phenoxy) is 1. The van der Waals surface area contributed by atoms with Crippen LogP contribution in [0.15, 0.2) is 18.2 Å². The monoisotopic (exact) mass is 259 g/mol. The van der Waals surface area contributed by atoms with Gasteiger partial charge in [-0.25, -0.2) is 0 Å². The van der Waals surface area contributed by atoms with E-state index in [2.05, 4.69) is 37.4 Å². The molecule has 1 heterocycles. The molecule has 2 aliphatic rings. The van der Waals surface area contributed by atoms with Crippen LogP contribution in [0.2, 0.25) is 0 Å². The molecule has 1 aliphatic carbocycles. The summed E-state index contributed by atoms with van der Waals surface area (Å²) in [5, 5.41) is 3.72. The number of benzene rings is 1. The van der Waals surface area contributed by atoms with Crippen LogP contribution < -0.4 is 10.1 Å². The third kappa shape index (κ3) is 2.79. The maximum atomic E-state index is 5.57. The van der Waals surface area contributed by atoms with Crippen LogP contribution in [-0.2, 0) is 6.42 Å². The van der Waals surface area contributed by atoms with E-state index in [-0.39, 0.29) is 0 Å². The molecule has 104 valence electrons. The van der Waals surface area contributed by atoms with E-state index >= 15 is 0 Å². The lowest BCUT2D eigenvalue weighted by molar-refractivity contribution is 0.356. The van der Waals surface area contributed by atoms with Gasteiger partial charge < -0.3 is 10.1 Å². The van der Waals surface area contributed by atoms with E-state index in [1.165, 1.54) is 30.4 Å². The summed E-state index contributed by atoms with van der Waals surface area (Å²) in [6, 6.07) is 7.10. The van der Waals surface area contributed by atoms with Crippen molar-refractivity contribution in [3.05, 3.63) is 29.3 Å². The topological polar surface area (TPSA) is 21.3 Å². The quantitative estimate of drug-likeness (QED) is 0.890. The summed E-state index contributed by atoms with van der Waals surface area (Å²) in [5.74, 6) is 2.86. The average Bonchev–Trinajstić information content (AvgIpc) is 3.03. The lowest BCUT2D eigenvalue weighted by atomic mass is 9.97. The number of nitrogens with one attached hydrogen (secondary N) is 1. The summed E-state index contributed by atoms with van der Waals surface area (Å²) in [7, 11) is 0. The van der Waals surface area contributed by atoms with Crippen LogP contribution >= 0.6 is 0 Å². The van der Waals surface area contributed by atoms with Crippen molar-refractivity contribution in [1.29, 1.82) is 0 Å². The van der Waals surface area contributed by atoms with Gasteiger partial charge in [0.15, 0.2) is 0 Å². The Balaban J connectivity index is 1.59. The maximum Gasteiger partial charge on any atom is 0.122 e. The van der Waals surface area contributed by atoms with E-state index < -0.39 is 0 Å². The first-order valence-electron chi connectivity index (χ1n) is 7.73. The van der Waals surface area contributed by atoms with Crippen LogP contribution in [0.4, 0.5) is 0 Å². The lowest BCUT2D eigenvalue weighted by Gasteiger charge is -2.20. The standard InChI is InChI=1S/C17H25NO/c1-12-4-3-5-16(12)11-18-13(2)14-6-7-17-15(10-14)8-9-19-17/h6-7,10,12-13,16,18H,3-5,8-9,11H2,1-2H3. The van der Waals surface area contributed by atoms with Crippen molar-refractivity contribution in [3.8, 4) is 5.75 Å². The van der Waals surface area contributed by atoms with Crippen molar-refractivity contribution in [2.75, 3.05) is 13.2 Å². The Morgan fingerprint density at radius 1 is 1.37 bits per heavy atom. The molecule has 2 heteroatoms. The van der Waals surface area contributed by atoms with Gasteiger partial charge in [0.2, 0.25) is 0 Å². The summed E-state index contributed by atoms with van der Waals surface area (Å²) in [6.07, 6.45) is 5.30. The zero-order chi connectivity index (χ0) is 13.2. The molecule has 3 rings (SSSR count). The van der Waals surface area contributed by atoms with Crippen LogP contribution in [0, 0.1) is 11.8 Å². The zero-order valence-corrected chi connectivity index (χ0v) is 12.1. The molecular weight excluding hydrogens is 234 g/mol. The highest BCUT2D eigenvalue weighted by molar-refractivity contribution is 5.40. The van der Waals surface area contributed by atoms with Crippen LogP contribution in [0.25, 0.3) is 0 Å². The molecule has 0 amide bonds. The molecule has 1 fully saturated rings. The molecule has 0 saturated heterocycles. The normalized spacial score (nSPS) is 27.1. The molecule has 3 atom stereocenters. The number of hydrogen-bond acceptors (Lipinski definition) is 2. The van der Waals surface area contributed by atoms with Gasteiger partial charge in [0, 0.05) is 12.5 Å². The van der Waals surface area contributed by atoms with Gasteiger partial charge in [-0.05, 0) is 48.9 Å². The molecule has 0 aromatic heterocycles. The number of hydrogen-bond donors (Lipinski definition) is 1. The van der Waals surface area contributed by atoms with Crippen molar-refractivity contribution < 1.29 is 4.74 Å². The molecule has 19 heavy (non-hydrogen) atoms. The van der Waals surface area contributed by atoms with E-state index in [0.29, 0.717) is 6.04 Å². The molecular formula is C17H25NO. The third-order valence-corrected chi connectivity index (χ3v) is 4.94. The number of fused-ring (bicyclic) bond motifs is 1. The molecule has 0 spiro atoms. The predicted octanol–water partition coefficient (Wildman–Crippen LogP) is 3.71. The van der Waals surface area contributed by atoms with E-state index in [9.17, 15) is 0 Å². The predicted molar refractivity (Wildman–Crippen MR) is 78.6 cm³/mol. The summed E-state index contributed by atoms with van der Waals surface area (Å²) in [6.45, 7) is 6.68. The molecule has 0 radical (unpaired) electrons. The summed E-state index contributed by atoms with van der Waals surface area (Å²) >= 11 is 0. The second kappa shape index (κ2) is 5.54. The highest BCUT2D eigenvalue weighted by Gasteiger charge is 2.23. The van der Waals surface area contributed by atoms with E-state index in [1.54, 1.807) is 0 Å². The van der Waals surface area contributed by atoms with Crippen molar-refractivity contribution in [2.45, 2.75) is 45.6 Å². The SMILES string of the molecule is CC(NCC1CCCC1C)c1ccc2c(c1)CCO2. The molecule has 1 aromatic rings. The Kier molecular flexibility index (Phi) is 3.79. The van der Waals surface area contributed by atoms with Crippen LogP contribution in [0.3, 0.4) is 0 Å². The van der Waals surface area contributed by atoms with Gasteiger partial charge >= 0.3 is 0 Å². The summed E-state index contributed by atoms with van der Waals surface area (Å²) in [5.41, 5.74) is 2.77. The molecule has 0 bridgehead atoms. The molecule has 3 unspecified atom stereocenters. The van der Waals surface area contributed by atoms with Gasteiger partial charge in [0.1, 0.15) is 5.75 Å². The van der Waals surface area contributed by atoms with E-state index in [1.807, 2.05) is 0 Å². The molecule has 1 saturated carbocycles. The Hall–Kier alpha value is -1.02. The van der Waals surface area contributed by atoms with Gasteiger partial charge in [-0.1, -0.05) is 31.9 Å². The molecule has 1 aromatic carbocycles. The molecule has 1 N–H and O–H groups in total. The minimum Gasteiger partial charge on any atom is -0.493 e. The summed E-state index contributed by atoms with van der Waals surface area (Å²) < 4.78 is 5.57. The molecule has 2 nitrogen and oxygen atoms in total. The largest absolute Gasteiger partial charge is 0.493 e. The van der Waals surface area contributed by atoms with Crippen LogP contribution in [-0.4, -0.2) is 13.2 Å². The fourth-order valence-electron chi connectivity index (χ4n) is 3.45. The zero-order valence-electron chi connectivity index (χ0n) is 12.1. The number of rotatable bonds is 4. The first kappa shape index (κ1) is 13.0. The van der Waals surface area contributed by atoms with Gasteiger partial charge in [-0.15, -0.1) is 0 Å².